The minimum atomic E-state index is -4.78. The summed E-state index contributed by atoms with van der Waals surface area (Å²) in [4.78, 5) is 5.57. The predicted molar refractivity (Wildman–Crippen MR) is 117 cm³/mol. The summed E-state index contributed by atoms with van der Waals surface area (Å²) < 4.78 is 78.3. The number of nitrogens with zero attached hydrogens (tertiary/aromatic N) is 3. The van der Waals surface area contributed by atoms with Crippen molar-refractivity contribution in [2.45, 2.75) is 22.5 Å². The van der Waals surface area contributed by atoms with Crippen LogP contribution in [0.5, 0.6) is 0 Å². The number of rotatable bonds is 5. The molecule has 0 saturated carbocycles. The second-order valence-electron chi connectivity index (χ2n) is 7.51. The maximum atomic E-state index is 13.3. The number of para-hydroxylation sites is 2. The first-order valence-electron chi connectivity index (χ1n) is 9.84. The summed E-state index contributed by atoms with van der Waals surface area (Å²) in [6.45, 7) is 2.35. The number of alkyl halides is 2. The number of anilines is 1. The number of benzene rings is 2. The summed E-state index contributed by atoms with van der Waals surface area (Å²) >= 11 is 0. The van der Waals surface area contributed by atoms with E-state index in [1.54, 1.807) is 29.3 Å². The van der Waals surface area contributed by atoms with Crippen LogP contribution in [-0.2, 0) is 19.9 Å². The zero-order chi connectivity index (χ0) is 23.1. The third-order valence-corrected chi connectivity index (χ3v) is 8.77. The van der Waals surface area contributed by atoms with Gasteiger partial charge in [-0.1, -0.05) is 24.3 Å². The number of hydrogen-bond acceptors (Lipinski definition) is 6. The smallest absolute Gasteiger partial charge is 0.341 e. The van der Waals surface area contributed by atoms with E-state index in [0.29, 0.717) is 5.52 Å². The van der Waals surface area contributed by atoms with E-state index in [1.165, 1.54) is 22.5 Å². The molecular weight excluding hydrogens is 460 g/mol. The quantitative estimate of drug-likeness (QED) is 0.557. The molecule has 1 aromatic heterocycles. The van der Waals surface area contributed by atoms with Gasteiger partial charge in [0.2, 0.25) is 19.9 Å². The van der Waals surface area contributed by atoms with Gasteiger partial charge in [-0.2, -0.15) is 13.1 Å². The number of sulfonamides is 1. The highest BCUT2D eigenvalue weighted by Crippen LogP contribution is 2.31. The third kappa shape index (κ3) is 3.96. The van der Waals surface area contributed by atoms with Crippen LogP contribution in [0.3, 0.4) is 0 Å². The lowest BCUT2D eigenvalue weighted by Gasteiger charge is -2.36. The number of sulfone groups is 1. The molecule has 0 unspecified atom stereocenters. The number of piperazine rings is 1. The molecule has 2 heterocycles. The van der Waals surface area contributed by atoms with Gasteiger partial charge in [-0.05, 0) is 36.8 Å². The summed E-state index contributed by atoms with van der Waals surface area (Å²) in [7, 11) is -8.64. The van der Waals surface area contributed by atoms with E-state index in [-0.39, 0.29) is 36.8 Å². The van der Waals surface area contributed by atoms with Gasteiger partial charge < -0.3 is 4.90 Å². The van der Waals surface area contributed by atoms with E-state index in [9.17, 15) is 25.6 Å². The zero-order valence-corrected chi connectivity index (χ0v) is 18.8. The number of aryl methyl sites for hydroxylation is 1. The van der Waals surface area contributed by atoms with E-state index in [4.69, 9.17) is 0 Å². The number of fused-ring (bicyclic) bond motifs is 1. The molecule has 1 fully saturated rings. The minimum Gasteiger partial charge on any atom is -0.368 e. The molecular formula is C21H21F2N3O4S2. The molecule has 0 atom stereocenters. The molecule has 0 aliphatic carbocycles. The first-order valence-corrected chi connectivity index (χ1v) is 12.8. The summed E-state index contributed by atoms with van der Waals surface area (Å²) in [5.41, 5.74) is 1.44. The van der Waals surface area contributed by atoms with Crippen LogP contribution in [0.15, 0.2) is 64.5 Å². The zero-order valence-electron chi connectivity index (χ0n) is 17.1. The Balaban J connectivity index is 1.61. The lowest BCUT2D eigenvalue weighted by atomic mass is 10.2. The number of aromatic nitrogens is 1. The second kappa shape index (κ2) is 8.38. The fourth-order valence-corrected chi connectivity index (χ4v) is 6.35. The first-order chi connectivity index (χ1) is 15.1. The topological polar surface area (TPSA) is 87.7 Å². The fraction of sp³-hybridized carbons (Fsp3) is 0.286. The van der Waals surface area contributed by atoms with Crippen LogP contribution in [0.4, 0.5) is 14.5 Å². The Hall–Kier alpha value is -2.63. The molecule has 2 aromatic carbocycles. The van der Waals surface area contributed by atoms with Crippen LogP contribution >= 0.6 is 0 Å². The Bertz CT molecular complexity index is 1370. The van der Waals surface area contributed by atoms with Crippen LogP contribution in [-0.4, -0.2) is 58.1 Å². The Kier molecular flexibility index (Phi) is 5.91. The third-order valence-electron chi connectivity index (χ3n) is 5.41. The molecule has 170 valence electrons. The normalized spacial score (nSPS) is 16.1. The molecule has 4 rings (SSSR count). The highest BCUT2D eigenvalue weighted by atomic mass is 32.2. The molecule has 1 saturated heterocycles. The van der Waals surface area contributed by atoms with Crippen LogP contribution in [0.25, 0.3) is 10.9 Å². The molecule has 0 amide bonds. The van der Waals surface area contributed by atoms with Gasteiger partial charge in [0.15, 0.2) is 0 Å². The molecule has 0 spiro atoms. The van der Waals surface area contributed by atoms with E-state index in [2.05, 4.69) is 4.98 Å². The Morgan fingerprint density at radius 1 is 0.906 bits per heavy atom. The van der Waals surface area contributed by atoms with Crippen LogP contribution in [0.1, 0.15) is 5.56 Å². The van der Waals surface area contributed by atoms with Crippen molar-refractivity contribution in [3.8, 4) is 0 Å². The van der Waals surface area contributed by atoms with Gasteiger partial charge in [0.25, 0.3) is 0 Å². The van der Waals surface area contributed by atoms with Crippen LogP contribution in [0.2, 0.25) is 0 Å². The lowest BCUT2D eigenvalue weighted by molar-refractivity contribution is 0.234. The maximum absolute atomic E-state index is 13.3. The number of hydrogen-bond donors (Lipinski definition) is 0. The van der Waals surface area contributed by atoms with E-state index < -0.39 is 30.5 Å². The number of halogens is 2. The molecule has 1 aliphatic heterocycles. The van der Waals surface area contributed by atoms with Crippen molar-refractivity contribution in [2.24, 2.45) is 0 Å². The molecule has 0 radical (unpaired) electrons. The van der Waals surface area contributed by atoms with Crippen molar-refractivity contribution < 1.29 is 25.6 Å². The average Bonchev–Trinajstić information content (AvgIpc) is 2.78. The first kappa shape index (κ1) is 22.6. The average molecular weight is 482 g/mol. The van der Waals surface area contributed by atoms with Crippen molar-refractivity contribution in [2.75, 3.05) is 31.1 Å². The monoisotopic (exact) mass is 481 g/mol. The Labute approximate surface area is 185 Å². The summed E-state index contributed by atoms with van der Waals surface area (Å²) in [5.74, 6) is -3.53. The molecule has 11 heteroatoms. The molecule has 0 bridgehead atoms. The molecule has 32 heavy (non-hydrogen) atoms. The predicted octanol–water partition coefficient (Wildman–Crippen LogP) is 3.05. The van der Waals surface area contributed by atoms with Crippen molar-refractivity contribution in [1.29, 1.82) is 0 Å². The summed E-state index contributed by atoms with van der Waals surface area (Å²) in [6, 6.07) is 12.4. The van der Waals surface area contributed by atoms with Gasteiger partial charge >= 0.3 is 5.76 Å². The second-order valence-corrected chi connectivity index (χ2v) is 11.3. The van der Waals surface area contributed by atoms with Crippen molar-refractivity contribution in [3.63, 3.8) is 0 Å². The SMILES string of the molecule is Cc1cnc2c(S(=O)(=O)N3CCN(c4ccccc4S(=O)(=O)C(F)F)CC3)cccc2c1. The summed E-state index contributed by atoms with van der Waals surface area (Å²) in [6.07, 6.45) is 1.61. The number of pyridine rings is 1. The van der Waals surface area contributed by atoms with Crippen molar-refractivity contribution >= 4 is 36.5 Å². The Morgan fingerprint density at radius 2 is 1.56 bits per heavy atom. The van der Waals surface area contributed by atoms with Gasteiger partial charge in [-0.3, -0.25) is 4.98 Å². The summed E-state index contributed by atoms with van der Waals surface area (Å²) in [5, 5.41) is 0.718. The maximum Gasteiger partial charge on any atom is 0.341 e. The van der Waals surface area contributed by atoms with E-state index >= 15 is 0 Å². The molecule has 1 aliphatic rings. The molecule has 3 aromatic rings. The highest BCUT2D eigenvalue weighted by molar-refractivity contribution is 7.91. The van der Waals surface area contributed by atoms with Crippen LogP contribution in [0, 0.1) is 6.92 Å². The Morgan fingerprint density at radius 3 is 2.25 bits per heavy atom. The standard InChI is InChI=1S/C21H21F2N3O4S2/c1-15-13-16-5-4-8-19(20(16)24-14-15)32(29,30)26-11-9-25(10-12-26)17-6-2-3-7-18(17)31(27,28)21(22)23/h2-8,13-14,21H,9-12H2,1H3. The fourth-order valence-electron chi connectivity index (χ4n) is 3.81. The molecule has 0 N–H and O–H groups in total. The van der Waals surface area contributed by atoms with Crippen molar-refractivity contribution in [3.05, 3.63) is 60.3 Å². The van der Waals surface area contributed by atoms with Gasteiger partial charge in [-0.25, -0.2) is 16.8 Å². The van der Waals surface area contributed by atoms with E-state index in [1.807, 2.05) is 13.0 Å². The van der Waals surface area contributed by atoms with Crippen LogP contribution < -0.4 is 4.90 Å². The lowest BCUT2D eigenvalue weighted by Crippen LogP contribution is -2.49. The largest absolute Gasteiger partial charge is 0.368 e. The van der Waals surface area contributed by atoms with Gasteiger partial charge in [-0.15, -0.1) is 0 Å². The van der Waals surface area contributed by atoms with Gasteiger partial charge in [0.1, 0.15) is 4.90 Å². The van der Waals surface area contributed by atoms with Gasteiger partial charge in [0, 0.05) is 37.8 Å². The molecule has 7 nitrogen and oxygen atoms in total. The van der Waals surface area contributed by atoms with E-state index in [0.717, 1.165) is 17.0 Å². The minimum absolute atomic E-state index is 0.0770. The van der Waals surface area contributed by atoms with Crippen molar-refractivity contribution in [1.82, 2.24) is 9.29 Å². The van der Waals surface area contributed by atoms with Gasteiger partial charge in [0.05, 0.1) is 16.1 Å². The highest BCUT2D eigenvalue weighted by Gasteiger charge is 2.34.